The molecule has 162 valence electrons. The molecule has 0 atom stereocenters. The summed E-state index contributed by atoms with van der Waals surface area (Å²) in [7, 11) is 0. The van der Waals surface area contributed by atoms with Gasteiger partial charge in [0.25, 0.3) is 5.56 Å². The van der Waals surface area contributed by atoms with Crippen LogP contribution in [0.4, 0.5) is 0 Å². The molecule has 6 nitrogen and oxygen atoms in total. The summed E-state index contributed by atoms with van der Waals surface area (Å²) >= 11 is 1.21. The SMILES string of the molecule is CCn1c(=O)c(SCC(=O)NCCCN2CCc3ccccc3C2)nc2ccccc21. The zero-order valence-corrected chi connectivity index (χ0v) is 18.7. The topological polar surface area (TPSA) is 67.2 Å². The molecule has 0 saturated heterocycles. The molecule has 1 aromatic heterocycles. The average Bonchev–Trinajstić information content (AvgIpc) is 2.80. The van der Waals surface area contributed by atoms with Crippen LogP contribution in [0.2, 0.25) is 0 Å². The first-order valence-corrected chi connectivity index (χ1v) is 11.8. The number of aromatic nitrogens is 2. The Morgan fingerprint density at radius 1 is 1.13 bits per heavy atom. The van der Waals surface area contributed by atoms with E-state index in [0.717, 1.165) is 43.5 Å². The van der Waals surface area contributed by atoms with Crippen molar-refractivity contribution in [2.45, 2.75) is 37.9 Å². The first kappa shape index (κ1) is 21.6. The lowest BCUT2D eigenvalue weighted by Crippen LogP contribution is -2.34. The van der Waals surface area contributed by atoms with Gasteiger partial charge in [-0.05, 0) is 43.0 Å². The summed E-state index contributed by atoms with van der Waals surface area (Å²) in [5.74, 6) is 0.132. The fourth-order valence-electron chi connectivity index (χ4n) is 4.04. The van der Waals surface area contributed by atoms with Crippen molar-refractivity contribution in [1.29, 1.82) is 0 Å². The molecule has 1 amide bonds. The molecule has 0 fully saturated rings. The average molecular weight is 437 g/mol. The maximum absolute atomic E-state index is 12.7. The van der Waals surface area contributed by atoms with Crippen molar-refractivity contribution in [1.82, 2.24) is 19.8 Å². The minimum absolute atomic E-state index is 0.0635. The molecular weight excluding hydrogens is 408 g/mol. The number of hydrogen-bond acceptors (Lipinski definition) is 5. The lowest BCUT2D eigenvalue weighted by Gasteiger charge is -2.28. The van der Waals surface area contributed by atoms with E-state index in [1.165, 1.54) is 22.9 Å². The molecule has 1 N–H and O–H groups in total. The predicted molar refractivity (Wildman–Crippen MR) is 125 cm³/mol. The molecule has 1 aliphatic heterocycles. The van der Waals surface area contributed by atoms with Crippen LogP contribution in [0.15, 0.2) is 58.4 Å². The van der Waals surface area contributed by atoms with Gasteiger partial charge in [0, 0.05) is 32.7 Å². The van der Waals surface area contributed by atoms with Gasteiger partial charge >= 0.3 is 0 Å². The Morgan fingerprint density at radius 3 is 2.74 bits per heavy atom. The molecule has 7 heteroatoms. The molecule has 4 rings (SSSR count). The highest BCUT2D eigenvalue weighted by Crippen LogP contribution is 2.18. The molecule has 1 aliphatic rings. The number of carbonyl (C=O) groups excluding carboxylic acids is 1. The summed E-state index contributed by atoms with van der Waals surface area (Å²) in [4.78, 5) is 31.9. The summed E-state index contributed by atoms with van der Waals surface area (Å²) in [5.41, 5.74) is 4.33. The molecule has 3 aromatic rings. The lowest BCUT2D eigenvalue weighted by molar-refractivity contribution is -0.118. The van der Waals surface area contributed by atoms with Crippen molar-refractivity contribution in [3.05, 3.63) is 70.0 Å². The van der Waals surface area contributed by atoms with Gasteiger partial charge in [0.2, 0.25) is 5.91 Å². The van der Waals surface area contributed by atoms with Crippen LogP contribution in [-0.4, -0.2) is 45.7 Å². The van der Waals surface area contributed by atoms with Gasteiger partial charge in [0.15, 0.2) is 5.03 Å². The minimum Gasteiger partial charge on any atom is -0.355 e. The van der Waals surface area contributed by atoms with E-state index in [2.05, 4.69) is 39.5 Å². The Balaban J connectivity index is 1.24. The van der Waals surface area contributed by atoms with E-state index in [0.29, 0.717) is 18.1 Å². The number of rotatable bonds is 8. The monoisotopic (exact) mass is 436 g/mol. The van der Waals surface area contributed by atoms with Crippen LogP contribution >= 0.6 is 11.8 Å². The fourth-order valence-corrected chi connectivity index (χ4v) is 4.80. The van der Waals surface area contributed by atoms with Crippen molar-refractivity contribution in [3.63, 3.8) is 0 Å². The van der Waals surface area contributed by atoms with Crippen LogP contribution in [-0.2, 0) is 24.3 Å². The second-order valence-electron chi connectivity index (χ2n) is 7.74. The van der Waals surface area contributed by atoms with Crippen LogP contribution in [0.25, 0.3) is 11.0 Å². The zero-order chi connectivity index (χ0) is 21.6. The van der Waals surface area contributed by atoms with Gasteiger partial charge in [-0.1, -0.05) is 48.2 Å². The maximum atomic E-state index is 12.7. The number of nitrogens with one attached hydrogen (secondary N) is 1. The highest BCUT2D eigenvalue weighted by Gasteiger charge is 2.15. The summed E-state index contributed by atoms with van der Waals surface area (Å²) in [6.07, 6.45) is 2.00. The van der Waals surface area contributed by atoms with E-state index in [1.54, 1.807) is 4.57 Å². The third-order valence-electron chi connectivity index (χ3n) is 5.66. The Bertz CT molecular complexity index is 1130. The summed E-state index contributed by atoms with van der Waals surface area (Å²) in [5, 5.41) is 3.35. The normalized spacial score (nSPS) is 13.8. The summed E-state index contributed by atoms with van der Waals surface area (Å²) < 4.78 is 1.71. The van der Waals surface area contributed by atoms with Crippen molar-refractivity contribution in [2.24, 2.45) is 0 Å². The maximum Gasteiger partial charge on any atom is 0.283 e. The molecule has 0 unspecified atom stereocenters. The van der Waals surface area contributed by atoms with E-state index in [9.17, 15) is 9.59 Å². The van der Waals surface area contributed by atoms with Crippen molar-refractivity contribution >= 4 is 28.7 Å². The van der Waals surface area contributed by atoms with Gasteiger partial charge in [0.1, 0.15) is 0 Å². The summed E-state index contributed by atoms with van der Waals surface area (Å²) in [6.45, 7) is 6.17. The largest absolute Gasteiger partial charge is 0.355 e. The molecular formula is C24H28N4O2S. The third-order valence-corrected chi connectivity index (χ3v) is 6.61. The molecule has 0 spiro atoms. The standard InChI is InChI=1S/C24H28N4O2S/c1-2-28-21-11-6-5-10-20(21)26-23(24(28)30)31-17-22(29)25-13-7-14-27-15-12-18-8-3-4-9-19(18)16-27/h3-6,8-11H,2,7,12-17H2,1H3,(H,25,29). The fraction of sp³-hybridized carbons (Fsp3) is 0.375. The van der Waals surface area contributed by atoms with E-state index >= 15 is 0 Å². The Morgan fingerprint density at radius 2 is 1.90 bits per heavy atom. The Hall–Kier alpha value is -2.64. The van der Waals surface area contributed by atoms with Crippen LogP contribution in [0, 0.1) is 0 Å². The number of nitrogens with zero attached hydrogens (tertiary/aromatic N) is 3. The highest BCUT2D eigenvalue weighted by molar-refractivity contribution is 7.99. The highest BCUT2D eigenvalue weighted by atomic mass is 32.2. The molecule has 0 saturated carbocycles. The number of fused-ring (bicyclic) bond motifs is 2. The van der Waals surface area contributed by atoms with E-state index in [4.69, 9.17) is 0 Å². The Labute approximate surface area is 186 Å². The quantitative estimate of drug-likeness (QED) is 0.434. The lowest BCUT2D eigenvalue weighted by atomic mass is 10.00. The number of para-hydroxylation sites is 2. The number of aryl methyl sites for hydroxylation is 1. The van der Waals surface area contributed by atoms with Crippen molar-refractivity contribution in [3.8, 4) is 0 Å². The van der Waals surface area contributed by atoms with Crippen molar-refractivity contribution in [2.75, 3.05) is 25.4 Å². The third kappa shape index (κ3) is 5.17. The zero-order valence-electron chi connectivity index (χ0n) is 17.8. The van der Waals surface area contributed by atoms with Gasteiger partial charge in [0.05, 0.1) is 16.8 Å². The van der Waals surface area contributed by atoms with E-state index in [-0.39, 0.29) is 17.2 Å². The van der Waals surface area contributed by atoms with Crippen LogP contribution in [0.3, 0.4) is 0 Å². The summed E-state index contributed by atoms with van der Waals surface area (Å²) in [6, 6.07) is 16.2. The van der Waals surface area contributed by atoms with Gasteiger partial charge in [-0.25, -0.2) is 4.98 Å². The first-order valence-electron chi connectivity index (χ1n) is 10.8. The van der Waals surface area contributed by atoms with Crippen LogP contribution in [0.5, 0.6) is 0 Å². The van der Waals surface area contributed by atoms with E-state index < -0.39 is 0 Å². The van der Waals surface area contributed by atoms with E-state index in [1.807, 2.05) is 31.2 Å². The number of benzene rings is 2. The predicted octanol–water partition coefficient (Wildman–Crippen LogP) is 3.07. The molecule has 0 aliphatic carbocycles. The Kier molecular flexibility index (Phi) is 7.04. The second-order valence-corrected chi connectivity index (χ2v) is 8.71. The second kappa shape index (κ2) is 10.1. The number of carbonyl (C=O) groups is 1. The molecule has 0 bridgehead atoms. The first-order chi connectivity index (χ1) is 15.2. The number of amides is 1. The number of hydrogen-bond donors (Lipinski definition) is 1. The van der Waals surface area contributed by atoms with Crippen molar-refractivity contribution < 1.29 is 4.79 Å². The van der Waals surface area contributed by atoms with Crippen LogP contribution in [0.1, 0.15) is 24.5 Å². The van der Waals surface area contributed by atoms with Gasteiger partial charge in [-0.2, -0.15) is 0 Å². The van der Waals surface area contributed by atoms with Crippen LogP contribution < -0.4 is 10.9 Å². The van der Waals surface area contributed by atoms with Gasteiger partial charge < -0.3 is 9.88 Å². The molecule has 2 aromatic carbocycles. The molecule has 2 heterocycles. The van der Waals surface area contributed by atoms with Gasteiger partial charge in [-0.15, -0.1) is 0 Å². The number of thioether (sulfide) groups is 1. The smallest absolute Gasteiger partial charge is 0.283 e. The van der Waals surface area contributed by atoms with Gasteiger partial charge in [-0.3, -0.25) is 14.5 Å². The molecule has 0 radical (unpaired) electrons. The molecule has 31 heavy (non-hydrogen) atoms. The minimum atomic E-state index is -0.135.